The molecule has 0 radical (unpaired) electrons. The molecule has 5 rings (SSSR count). The maximum Gasteiger partial charge on any atom is 0.236 e. The van der Waals surface area contributed by atoms with Gasteiger partial charge in [0.1, 0.15) is 0 Å². The average Bonchev–Trinajstić information content (AvgIpc) is 3.33. The van der Waals surface area contributed by atoms with E-state index < -0.39 is 5.41 Å². The SMILES string of the molecule is O=C(C1CCOC1)N1CCC2(CC1)C(=O)N(c1ccccc1)C2c1ccccn1. The molecule has 3 aliphatic heterocycles. The molecule has 4 heterocycles. The number of pyridine rings is 1. The molecule has 6 heteroatoms. The zero-order valence-corrected chi connectivity index (χ0v) is 16.4. The molecular weight excluding hydrogens is 366 g/mol. The highest BCUT2D eigenvalue weighted by Crippen LogP contribution is 2.57. The van der Waals surface area contributed by atoms with Crippen LogP contribution in [0.25, 0.3) is 0 Å². The maximum atomic E-state index is 13.4. The monoisotopic (exact) mass is 391 g/mol. The number of rotatable bonds is 3. The summed E-state index contributed by atoms with van der Waals surface area (Å²) in [5.74, 6) is 0.308. The third-order valence-electron chi connectivity index (χ3n) is 6.67. The van der Waals surface area contributed by atoms with Crippen molar-refractivity contribution in [2.75, 3.05) is 31.2 Å². The highest BCUT2D eigenvalue weighted by Gasteiger charge is 2.62. The van der Waals surface area contributed by atoms with Crippen molar-refractivity contribution in [3.8, 4) is 0 Å². The van der Waals surface area contributed by atoms with Crippen LogP contribution in [0.15, 0.2) is 54.7 Å². The number of aromatic nitrogens is 1. The van der Waals surface area contributed by atoms with Crippen LogP contribution in [-0.2, 0) is 14.3 Å². The topological polar surface area (TPSA) is 62.7 Å². The van der Waals surface area contributed by atoms with E-state index in [0.717, 1.165) is 17.8 Å². The molecule has 1 aromatic carbocycles. The number of β-lactam (4-membered cyclic amide) rings is 1. The lowest BCUT2D eigenvalue weighted by molar-refractivity contribution is -0.150. The van der Waals surface area contributed by atoms with E-state index in [0.29, 0.717) is 39.1 Å². The fourth-order valence-electron chi connectivity index (χ4n) is 5.06. The van der Waals surface area contributed by atoms with Crippen molar-refractivity contribution < 1.29 is 14.3 Å². The lowest BCUT2D eigenvalue weighted by Crippen LogP contribution is -2.67. The van der Waals surface area contributed by atoms with Crippen LogP contribution in [0.1, 0.15) is 31.0 Å². The number of hydrogen-bond acceptors (Lipinski definition) is 4. The highest BCUT2D eigenvalue weighted by atomic mass is 16.5. The first-order chi connectivity index (χ1) is 14.2. The Kier molecular flexibility index (Phi) is 4.59. The summed E-state index contributed by atoms with van der Waals surface area (Å²) < 4.78 is 5.38. The number of likely N-dealkylation sites (tertiary alicyclic amines) is 1. The van der Waals surface area contributed by atoms with E-state index in [4.69, 9.17) is 4.74 Å². The van der Waals surface area contributed by atoms with Crippen molar-refractivity contribution in [3.05, 3.63) is 60.4 Å². The Hall–Kier alpha value is -2.73. The summed E-state index contributed by atoms with van der Waals surface area (Å²) in [4.78, 5) is 34.6. The number of ether oxygens (including phenoxy) is 1. The van der Waals surface area contributed by atoms with Crippen LogP contribution < -0.4 is 4.90 Å². The molecule has 6 nitrogen and oxygen atoms in total. The molecular formula is C23H25N3O3. The largest absolute Gasteiger partial charge is 0.381 e. The number of nitrogens with zero attached hydrogens (tertiary/aromatic N) is 3. The van der Waals surface area contributed by atoms with Gasteiger partial charge in [-0.05, 0) is 43.5 Å². The Bertz CT molecular complexity index is 888. The summed E-state index contributed by atoms with van der Waals surface area (Å²) in [6.07, 6.45) is 3.94. The summed E-state index contributed by atoms with van der Waals surface area (Å²) in [5, 5.41) is 0. The standard InChI is InChI=1S/C23H25N3O3/c27-21(17-9-15-29-16-17)25-13-10-23(11-14-25)20(19-8-4-5-12-24-19)26(22(23)28)18-6-2-1-3-7-18/h1-8,12,17,20H,9-11,13-16H2. The molecule has 2 atom stereocenters. The lowest BCUT2D eigenvalue weighted by Gasteiger charge is -2.58. The predicted octanol–water partition coefficient (Wildman–Crippen LogP) is 2.81. The van der Waals surface area contributed by atoms with Gasteiger partial charge >= 0.3 is 0 Å². The molecule has 3 fully saturated rings. The van der Waals surface area contributed by atoms with E-state index in [-0.39, 0.29) is 23.8 Å². The Morgan fingerprint density at radius 3 is 2.48 bits per heavy atom. The second kappa shape index (κ2) is 7.26. The average molecular weight is 391 g/mol. The minimum Gasteiger partial charge on any atom is -0.381 e. The third kappa shape index (κ3) is 2.94. The van der Waals surface area contributed by atoms with Crippen molar-refractivity contribution in [3.63, 3.8) is 0 Å². The first-order valence-corrected chi connectivity index (χ1v) is 10.4. The van der Waals surface area contributed by atoms with Crippen LogP contribution in [0.4, 0.5) is 5.69 Å². The van der Waals surface area contributed by atoms with E-state index in [1.807, 2.05) is 58.3 Å². The molecule has 2 amide bonds. The molecule has 0 saturated carbocycles. The number of hydrogen-bond donors (Lipinski definition) is 0. The van der Waals surface area contributed by atoms with Gasteiger partial charge in [0.25, 0.3) is 0 Å². The van der Waals surface area contributed by atoms with Gasteiger partial charge in [-0.25, -0.2) is 0 Å². The number of benzene rings is 1. The number of piperidine rings is 1. The van der Waals surface area contributed by atoms with Crippen LogP contribution in [-0.4, -0.2) is 48.0 Å². The molecule has 1 spiro atoms. The zero-order chi connectivity index (χ0) is 19.8. The smallest absolute Gasteiger partial charge is 0.236 e. The number of anilines is 1. The highest BCUT2D eigenvalue weighted by molar-refractivity contribution is 6.06. The van der Waals surface area contributed by atoms with Crippen molar-refractivity contribution in [1.82, 2.24) is 9.88 Å². The molecule has 3 aliphatic rings. The Balaban J connectivity index is 1.40. The summed E-state index contributed by atoms with van der Waals surface area (Å²) in [7, 11) is 0. The predicted molar refractivity (Wildman–Crippen MR) is 108 cm³/mol. The Labute approximate surface area is 170 Å². The van der Waals surface area contributed by atoms with Crippen LogP contribution >= 0.6 is 0 Å². The first kappa shape index (κ1) is 18.3. The molecule has 0 aliphatic carbocycles. The van der Waals surface area contributed by atoms with Crippen molar-refractivity contribution in [2.24, 2.45) is 11.3 Å². The minimum atomic E-state index is -0.479. The van der Waals surface area contributed by atoms with Crippen LogP contribution in [0, 0.1) is 11.3 Å². The summed E-state index contributed by atoms with van der Waals surface area (Å²) in [6, 6.07) is 15.6. The quantitative estimate of drug-likeness (QED) is 0.755. The van der Waals surface area contributed by atoms with E-state index >= 15 is 0 Å². The van der Waals surface area contributed by atoms with Gasteiger partial charge in [-0.1, -0.05) is 24.3 Å². The normalized spacial score (nSPS) is 25.9. The fourth-order valence-corrected chi connectivity index (χ4v) is 5.06. The van der Waals surface area contributed by atoms with E-state index in [2.05, 4.69) is 4.98 Å². The number of carbonyl (C=O) groups excluding carboxylic acids is 2. The summed E-state index contributed by atoms with van der Waals surface area (Å²) >= 11 is 0. The van der Waals surface area contributed by atoms with Gasteiger partial charge in [0.05, 0.1) is 29.7 Å². The molecule has 0 bridgehead atoms. The van der Waals surface area contributed by atoms with E-state index in [9.17, 15) is 9.59 Å². The summed E-state index contributed by atoms with van der Waals surface area (Å²) in [6.45, 7) is 2.43. The zero-order valence-electron chi connectivity index (χ0n) is 16.4. The van der Waals surface area contributed by atoms with E-state index in [1.165, 1.54) is 0 Å². The van der Waals surface area contributed by atoms with Gasteiger partial charge in [0.2, 0.25) is 11.8 Å². The van der Waals surface area contributed by atoms with Crippen LogP contribution in [0.2, 0.25) is 0 Å². The molecule has 29 heavy (non-hydrogen) atoms. The van der Waals surface area contributed by atoms with Crippen LogP contribution in [0.3, 0.4) is 0 Å². The number of carbonyl (C=O) groups is 2. The second-order valence-electron chi connectivity index (χ2n) is 8.21. The van der Waals surface area contributed by atoms with Crippen molar-refractivity contribution in [2.45, 2.75) is 25.3 Å². The first-order valence-electron chi connectivity index (χ1n) is 10.4. The minimum absolute atomic E-state index is 0.0199. The van der Waals surface area contributed by atoms with Gasteiger partial charge in [-0.3, -0.25) is 14.6 Å². The molecule has 1 aromatic heterocycles. The molecule has 2 unspecified atom stereocenters. The molecule has 0 N–H and O–H groups in total. The Morgan fingerprint density at radius 2 is 1.83 bits per heavy atom. The number of amides is 2. The molecule has 150 valence electrons. The van der Waals surface area contributed by atoms with Gasteiger partial charge in [-0.2, -0.15) is 0 Å². The maximum absolute atomic E-state index is 13.4. The third-order valence-corrected chi connectivity index (χ3v) is 6.67. The van der Waals surface area contributed by atoms with Crippen molar-refractivity contribution in [1.29, 1.82) is 0 Å². The fraction of sp³-hybridized carbons (Fsp3) is 0.435. The van der Waals surface area contributed by atoms with Crippen molar-refractivity contribution >= 4 is 17.5 Å². The van der Waals surface area contributed by atoms with Gasteiger partial charge in [0, 0.05) is 31.6 Å². The molecule has 3 saturated heterocycles. The van der Waals surface area contributed by atoms with Crippen LogP contribution in [0.5, 0.6) is 0 Å². The second-order valence-corrected chi connectivity index (χ2v) is 8.21. The molecule has 2 aromatic rings. The summed E-state index contributed by atoms with van der Waals surface area (Å²) in [5.41, 5.74) is 1.34. The number of para-hydroxylation sites is 1. The lowest BCUT2D eigenvalue weighted by atomic mass is 9.63. The van der Waals surface area contributed by atoms with Gasteiger partial charge in [0.15, 0.2) is 0 Å². The Morgan fingerprint density at radius 1 is 1.07 bits per heavy atom. The van der Waals surface area contributed by atoms with E-state index in [1.54, 1.807) is 6.20 Å². The van der Waals surface area contributed by atoms with Gasteiger partial charge < -0.3 is 14.5 Å². The van der Waals surface area contributed by atoms with Gasteiger partial charge in [-0.15, -0.1) is 0 Å².